The third kappa shape index (κ3) is 11.8. The molecule has 1 atom stereocenters. The fourth-order valence-corrected chi connectivity index (χ4v) is 3.63. The van der Waals surface area contributed by atoms with Crippen molar-refractivity contribution >= 4 is 6.16 Å². The molecule has 0 saturated heterocycles. The number of hydrogen-bond donors (Lipinski definition) is 0. The van der Waals surface area contributed by atoms with Gasteiger partial charge in [-0.25, -0.2) is 4.79 Å². The molecule has 0 aliphatic carbocycles. The van der Waals surface area contributed by atoms with Crippen molar-refractivity contribution in [2.24, 2.45) is 16.7 Å². The fraction of sp³-hybridized carbons (Fsp3) is 0.952. The van der Waals surface area contributed by atoms with Gasteiger partial charge in [0.05, 0.1) is 6.61 Å². The average molecular weight is 343 g/mol. The second-order valence-corrected chi connectivity index (χ2v) is 9.88. The number of rotatable bonds is 10. The van der Waals surface area contributed by atoms with Crippen LogP contribution in [0.25, 0.3) is 0 Å². The van der Waals surface area contributed by atoms with Crippen molar-refractivity contribution < 1.29 is 14.3 Å². The molecular weight excluding hydrogens is 300 g/mol. The van der Waals surface area contributed by atoms with Crippen LogP contribution in [-0.2, 0) is 9.47 Å². The normalized spacial score (nSPS) is 14.4. The van der Waals surface area contributed by atoms with Crippen molar-refractivity contribution in [2.45, 2.75) is 106 Å². The molecule has 0 heterocycles. The molecule has 0 aromatic carbocycles. The highest BCUT2D eigenvalue weighted by Gasteiger charge is 2.33. The lowest BCUT2D eigenvalue weighted by Crippen LogP contribution is -2.34. The first-order valence-electron chi connectivity index (χ1n) is 9.66. The van der Waals surface area contributed by atoms with Gasteiger partial charge in [0.25, 0.3) is 0 Å². The third-order valence-electron chi connectivity index (χ3n) is 4.40. The van der Waals surface area contributed by atoms with Crippen molar-refractivity contribution in [2.75, 3.05) is 6.61 Å². The number of ether oxygens (including phenoxy) is 2. The minimum atomic E-state index is -0.545. The van der Waals surface area contributed by atoms with Crippen LogP contribution in [0.3, 0.4) is 0 Å². The Morgan fingerprint density at radius 3 is 2.04 bits per heavy atom. The van der Waals surface area contributed by atoms with E-state index in [1.54, 1.807) is 0 Å². The molecule has 1 unspecified atom stereocenters. The molecule has 24 heavy (non-hydrogen) atoms. The Kier molecular flexibility index (Phi) is 9.38. The molecule has 0 aliphatic heterocycles. The van der Waals surface area contributed by atoms with Crippen LogP contribution in [0.4, 0.5) is 4.79 Å². The lowest BCUT2D eigenvalue weighted by Gasteiger charge is -2.35. The van der Waals surface area contributed by atoms with Gasteiger partial charge in [-0.3, -0.25) is 0 Å². The van der Waals surface area contributed by atoms with Crippen LogP contribution >= 0.6 is 0 Å². The summed E-state index contributed by atoms with van der Waals surface area (Å²) >= 11 is 0. The van der Waals surface area contributed by atoms with E-state index in [4.69, 9.17) is 9.47 Å². The van der Waals surface area contributed by atoms with E-state index in [1.807, 2.05) is 20.8 Å². The number of carbonyl (C=O) groups excluding carboxylic acids is 1. The van der Waals surface area contributed by atoms with E-state index in [0.29, 0.717) is 12.0 Å². The summed E-state index contributed by atoms with van der Waals surface area (Å²) in [5, 5.41) is 0. The third-order valence-corrected chi connectivity index (χ3v) is 4.40. The van der Waals surface area contributed by atoms with E-state index in [9.17, 15) is 4.79 Å². The number of carbonyl (C=O) groups is 1. The highest BCUT2D eigenvalue weighted by Crippen LogP contribution is 2.38. The second kappa shape index (κ2) is 9.68. The first-order valence-corrected chi connectivity index (χ1v) is 9.66. The standard InChI is InChI=1S/C21H42O3/c1-10-14-23-18(22)24-21(8,9)16-20(6,7)13-12-17(11-2)15-19(3,4)5/h17H,10-16H2,1-9H3. The van der Waals surface area contributed by atoms with E-state index >= 15 is 0 Å². The molecule has 0 rings (SSSR count). The quantitative estimate of drug-likeness (QED) is 0.401. The van der Waals surface area contributed by atoms with Gasteiger partial charge >= 0.3 is 6.16 Å². The van der Waals surface area contributed by atoms with Crippen LogP contribution in [0.15, 0.2) is 0 Å². The molecule has 0 aromatic heterocycles. The van der Waals surface area contributed by atoms with Crippen molar-refractivity contribution in [3.63, 3.8) is 0 Å². The van der Waals surface area contributed by atoms with E-state index in [2.05, 4.69) is 41.5 Å². The minimum absolute atomic E-state index is 0.139. The van der Waals surface area contributed by atoms with Crippen molar-refractivity contribution in [1.29, 1.82) is 0 Å². The predicted molar refractivity (Wildman–Crippen MR) is 102 cm³/mol. The molecule has 0 aliphatic rings. The second-order valence-electron chi connectivity index (χ2n) is 9.88. The van der Waals surface area contributed by atoms with Crippen LogP contribution in [0.1, 0.15) is 101 Å². The van der Waals surface area contributed by atoms with Crippen molar-refractivity contribution in [3.8, 4) is 0 Å². The van der Waals surface area contributed by atoms with Crippen LogP contribution in [-0.4, -0.2) is 18.4 Å². The highest BCUT2D eigenvalue weighted by atomic mass is 16.7. The van der Waals surface area contributed by atoms with Crippen molar-refractivity contribution in [1.82, 2.24) is 0 Å². The van der Waals surface area contributed by atoms with E-state index in [1.165, 1.54) is 19.3 Å². The summed E-state index contributed by atoms with van der Waals surface area (Å²) in [6, 6.07) is 0. The molecule has 0 bridgehead atoms. The number of hydrogen-bond acceptors (Lipinski definition) is 3. The summed E-state index contributed by atoms with van der Waals surface area (Å²) < 4.78 is 10.6. The van der Waals surface area contributed by atoms with Gasteiger partial charge in [-0.05, 0) is 62.7 Å². The molecule has 0 amide bonds. The molecule has 0 radical (unpaired) electrons. The van der Waals surface area contributed by atoms with Crippen LogP contribution < -0.4 is 0 Å². The molecule has 0 N–H and O–H groups in total. The summed E-state index contributed by atoms with van der Waals surface area (Å²) in [6.07, 6.45) is 5.99. The Morgan fingerprint density at radius 1 is 1.00 bits per heavy atom. The lowest BCUT2D eigenvalue weighted by molar-refractivity contribution is -0.0380. The van der Waals surface area contributed by atoms with Gasteiger partial charge in [-0.1, -0.05) is 54.9 Å². The van der Waals surface area contributed by atoms with Crippen molar-refractivity contribution in [3.05, 3.63) is 0 Å². The summed E-state index contributed by atoms with van der Waals surface area (Å²) in [4.78, 5) is 11.7. The van der Waals surface area contributed by atoms with Gasteiger partial charge in [0.15, 0.2) is 0 Å². The Bertz CT molecular complexity index is 364. The van der Waals surface area contributed by atoms with Crippen LogP contribution in [0, 0.1) is 16.7 Å². The first kappa shape index (κ1) is 23.3. The van der Waals surface area contributed by atoms with Gasteiger partial charge in [-0.2, -0.15) is 0 Å². The molecule has 3 heteroatoms. The Labute approximate surface area is 150 Å². The smallest absolute Gasteiger partial charge is 0.434 e. The maximum absolute atomic E-state index is 11.7. The zero-order valence-electron chi connectivity index (χ0n) is 17.8. The highest BCUT2D eigenvalue weighted by molar-refractivity contribution is 5.60. The maximum Gasteiger partial charge on any atom is 0.508 e. The minimum Gasteiger partial charge on any atom is -0.434 e. The molecular formula is C21H42O3. The van der Waals surface area contributed by atoms with E-state index in [-0.39, 0.29) is 5.41 Å². The van der Waals surface area contributed by atoms with Gasteiger partial charge in [0.2, 0.25) is 0 Å². The summed E-state index contributed by atoms with van der Waals surface area (Å²) in [5.74, 6) is 0.767. The Hall–Kier alpha value is -0.730. The first-order chi connectivity index (χ1) is 10.8. The Balaban J connectivity index is 4.51. The largest absolute Gasteiger partial charge is 0.508 e. The molecule has 144 valence electrons. The molecule has 3 nitrogen and oxygen atoms in total. The average Bonchev–Trinajstić information content (AvgIpc) is 2.38. The van der Waals surface area contributed by atoms with Gasteiger partial charge < -0.3 is 9.47 Å². The fourth-order valence-electron chi connectivity index (χ4n) is 3.63. The van der Waals surface area contributed by atoms with Crippen LogP contribution in [0.5, 0.6) is 0 Å². The molecule has 0 spiro atoms. The van der Waals surface area contributed by atoms with Gasteiger partial charge in [0.1, 0.15) is 5.60 Å². The topological polar surface area (TPSA) is 35.5 Å². The predicted octanol–water partition coefficient (Wildman–Crippen LogP) is 6.99. The summed E-state index contributed by atoms with van der Waals surface area (Å²) in [6.45, 7) is 20.2. The summed E-state index contributed by atoms with van der Waals surface area (Å²) in [5.41, 5.74) is 0.0239. The lowest BCUT2D eigenvalue weighted by atomic mass is 9.74. The SMILES string of the molecule is CCCOC(=O)OC(C)(C)CC(C)(C)CCC(CC)CC(C)(C)C. The molecule has 0 aromatic rings. The Morgan fingerprint density at radius 2 is 1.58 bits per heavy atom. The van der Waals surface area contributed by atoms with Gasteiger partial charge in [0, 0.05) is 0 Å². The summed E-state index contributed by atoms with van der Waals surface area (Å²) in [7, 11) is 0. The zero-order chi connectivity index (χ0) is 19.0. The van der Waals surface area contributed by atoms with Gasteiger partial charge in [-0.15, -0.1) is 0 Å². The van der Waals surface area contributed by atoms with E-state index < -0.39 is 11.8 Å². The molecule has 0 fully saturated rings. The zero-order valence-corrected chi connectivity index (χ0v) is 17.8. The monoisotopic (exact) mass is 342 g/mol. The maximum atomic E-state index is 11.7. The van der Waals surface area contributed by atoms with E-state index in [0.717, 1.165) is 25.2 Å². The van der Waals surface area contributed by atoms with Crippen LogP contribution in [0.2, 0.25) is 0 Å². The molecule has 0 saturated carbocycles.